The van der Waals surface area contributed by atoms with Gasteiger partial charge in [-0.15, -0.1) is 0 Å². The molecule has 1 amide bonds. The van der Waals surface area contributed by atoms with Crippen molar-refractivity contribution in [3.63, 3.8) is 0 Å². The molecule has 1 saturated carbocycles. The van der Waals surface area contributed by atoms with Gasteiger partial charge in [0, 0.05) is 25.6 Å². The summed E-state index contributed by atoms with van der Waals surface area (Å²) in [5.41, 5.74) is 0. The Balaban J connectivity index is 1.55. The van der Waals surface area contributed by atoms with Crippen molar-refractivity contribution in [1.82, 2.24) is 10.2 Å². The Hall–Kier alpha value is -2.15. The van der Waals surface area contributed by atoms with Crippen molar-refractivity contribution in [2.75, 3.05) is 51.8 Å². The Kier molecular flexibility index (Phi) is 8.69. The molecule has 0 bridgehead atoms. The van der Waals surface area contributed by atoms with Crippen molar-refractivity contribution in [3.05, 3.63) is 24.3 Å². The molecule has 1 saturated heterocycles. The second kappa shape index (κ2) is 11.5. The van der Waals surface area contributed by atoms with Crippen LogP contribution in [0.15, 0.2) is 29.2 Å². The van der Waals surface area contributed by atoms with E-state index in [0.717, 1.165) is 45.7 Å². The van der Waals surface area contributed by atoms with E-state index in [1.54, 1.807) is 24.3 Å². The summed E-state index contributed by atoms with van der Waals surface area (Å²) in [7, 11) is -3.52. The molecule has 0 radical (unpaired) electrons. The quantitative estimate of drug-likeness (QED) is 0.571. The van der Waals surface area contributed by atoms with E-state index in [0.29, 0.717) is 25.2 Å². The predicted octanol–water partition coefficient (Wildman–Crippen LogP) is 1.62. The molecule has 1 aromatic carbocycles. The summed E-state index contributed by atoms with van der Waals surface area (Å²) >= 11 is 0. The Bertz CT molecular complexity index is 860. The minimum atomic E-state index is -3.52. The molecule has 31 heavy (non-hydrogen) atoms. The van der Waals surface area contributed by atoms with E-state index in [1.807, 2.05) is 6.07 Å². The van der Waals surface area contributed by atoms with Crippen LogP contribution >= 0.6 is 0 Å². The highest BCUT2D eigenvalue weighted by Gasteiger charge is 2.34. The molecule has 9 heteroatoms. The number of hydrogen-bond acceptors (Lipinski definition) is 7. The number of morpholine rings is 1. The molecule has 3 rings (SSSR count). The summed E-state index contributed by atoms with van der Waals surface area (Å²) in [6.07, 6.45) is 3.18. The zero-order chi connectivity index (χ0) is 22.1. The lowest BCUT2D eigenvalue weighted by Gasteiger charge is -2.30. The van der Waals surface area contributed by atoms with Crippen LogP contribution in [0.5, 0.6) is 5.75 Å². The largest absolute Gasteiger partial charge is 0.492 e. The summed E-state index contributed by atoms with van der Waals surface area (Å²) < 4.78 is 37.0. The SMILES string of the molecule is N#CCNC(=O)C1CCCCC1CS(=O)(=O)c1ccc(OCCN2CCOCC2)cc1. The summed E-state index contributed by atoms with van der Waals surface area (Å²) in [5, 5.41) is 11.3. The molecule has 2 atom stereocenters. The number of rotatable bonds is 9. The Morgan fingerprint density at radius 2 is 1.90 bits per heavy atom. The third-order valence-electron chi connectivity index (χ3n) is 5.98. The predicted molar refractivity (Wildman–Crippen MR) is 115 cm³/mol. The van der Waals surface area contributed by atoms with Gasteiger partial charge in [0.2, 0.25) is 5.91 Å². The topological polar surface area (TPSA) is 109 Å². The second-order valence-electron chi connectivity index (χ2n) is 8.08. The molecule has 1 aliphatic carbocycles. The molecule has 2 fully saturated rings. The van der Waals surface area contributed by atoms with Gasteiger partial charge in [-0.3, -0.25) is 9.69 Å². The van der Waals surface area contributed by atoms with Crippen LogP contribution < -0.4 is 10.1 Å². The lowest BCUT2D eigenvalue weighted by Crippen LogP contribution is -2.39. The molecule has 2 aliphatic rings. The highest BCUT2D eigenvalue weighted by molar-refractivity contribution is 7.91. The second-order valence-corrected chi connectivity index (χ2v) is 10.1. The van der Waals surface area contributed by atoms with Crippen LogP contribution in [0.3, 0.4) is 0 Å². The van der Waals surface area contributed by atoms with Gasteiger partial charge in [-0.05, 0) is 43.0 Å². The van der Waals surface area contributed by atoms with Crippen LogP contribution in [0.2, 0.25) is 0 Å². The molecule has 0 aromatic heterocycles. The van der Waals surface area contributed by atoms with Crippen LogP contribution in [-0.2, 0) is 19.4 Å². The van der Waals surface area contributed by atoms with Gasteiger partial charge in [0.1, 0.15) is 18.9 Å². The van der Waals surface area contributed by atoms with Crippen LogP contribution in [0, 0.1) is 23.2 Å². The molecule has 1 aliphatic heterocycles. The van der Waals surface area contributed by atoms with Crippen molar-refractivity contribution in [3.8, 4) is 11.8 Å². The highest BCUT2D eigenvalue weighted by Crippen LogP contribution is 2.33. The van der Waals surface area contributed by atoms with E-state index in [2.05, 4.69) is 10.2 Å². The maximum Gasteiger partial charge on any atom is 0.224 e. The summed E-state index contributed by atoms with van der Waals surface area (Å²) in [4.78, 5) is 14.9. The summed E-state index contributed by atoms with van der Waals surface area (Å²) in [6, 6.07) is 8.42. The van der Waals surface area contributed by atoms with Crippen molar-refractivity contribution in [2.45, 2.75) is 30.6 Å². The average molecular weight is 450 g/mol. The van der Waals surface area contributed by atoms with E-state index in [4.69, 9.17) is 14.7 Å². The zero-order valence-electron chi connectivity index (χ0n) is 17.8. The van der Waals surface area contributed by atoms with Gasteiger partial charge >= 0.3 is 0 Å². The molecular weight excluding hydrogens is 418 g/mol. The molecule has 1 heterocycles. The number of carbonyl (C=O) groups excluding carboxylic acids is 1. The summed E-state index contributed by atoms with van der Waals surface area (Å²) in [6.45, 7) is 4.58. The van der Waals surface area contributed by atoms with E-state index >= 15 is 0 Å². The number of carbonyl (C=O) groups is 1. The maximum absolute atomic E-state index is 13.0. The van der Waals surface area contributed by atoms with Gasteiger partial charge in [0.25, 0.3) is 0 Å². The fourth-order valence-electron chi connectivity index (χ4n) is 4.25. The van der Waals surface area contributed by atoms with Gasteiger partial charge in [0.05, 0.1) is 29.9 Å². The first-order valence-electron chi connectivity index (χ1n) is 10.9. The van der Waals surface area contributed by atoms with Crippen LogP contribution in [0.25, 0.3) is 0 Å². The van der Waals surface area contributed by atoms with Crippen LogP contribution in [0.1, 0.15) is 25.7 Å². The van der Waals surface area contributed by atoms with Crippen molar-refractivity contribution in [1.29, 1.82) is 5.26 Å². The fourth-order valence-corrected chi connectivity index (χ4v) is 5.95. The number of amides is 1. The zero-order valence-corrected chi connectivity index (χ0v) is 18.6. The third-order valence-corrected chi connectivity index (χ3v) is 7.84. The highest BCUT2D eigenvalue weighted by atomic mass is 32.2. The number of ether oxygens (including phenoxy) is 2. The lowest BCUT2D eigenvalue weighted by atomic mass is 9.80. The number of hydrogen-bond donors (Lipinski definition) is 1. The maximum atomic E-state index is 13.0. The molecule has 1 N–H and O–H groups in total. The molecule has 170 valence electrons. The first-order valence-corrected chi connectivity index (χ1v) is 12.6. The normalized spacial score (nSPS) is 22.4. The number of sulfone groups is 1. The van der Waals surface area contributed by atoms with Crippen molar-refractivity contribution in [2.24, 2.45) is 11.8 Å². The molecule has 0 spiro atoms. The van der Waals surface area contributed by atoms with Gasteiger partial charge in [0.15, 0.2) is 9.84 Å². The average Bonchev–Trinajstić information content (AvgIpc) is 2.78. The molecular formula is C22H31N3O5S. The number of nitrogens with zero attached hydrogens (tertiary/aromatic N) is 2. The van der Waals surface area contributed by atoms with Gasteiger partial charge < -0.3 is 14.8 Å². The van der Waals surface area contributed by atoms with Gasteiger partial charge in [-0.25, -0.2) is 8.42 Å². The summed E-state index contributed by atoms with van der Waals surface area (Å²) in [5.74, 6) is -0.236. The lowest BCUT2D eigenvalue weighted by molar-refractivity contribution is -0.127. The number of nitrogens with one attached hydrogen (secondary N) is 1. The Labute approximate surface area is 184 Å². The minimum Gasteiger partial charge on any atom is -0.492 e. The Morgan fingerprint density at radius 1 is 1.19 bits per heavy atom. The van der Waals surface area contributed by atoms with Gasteiger partial charge in [-0.2, -0.15) is 5.26 Å². The number of nitriles is 1. The first-order chi connectivity index (χ1) is 15.0. The van der Waals surface area contributed by atoms with E-state index in [1.165, 1.54) is 0 Å². The minimum absolute atomic E-state index is 0.0538. The smallest absolute Gasteiger partial charge is 0.224 e. The van der Waals surface area contributed by atoms with E-state index < -0.39 is 9.84 Å². The molecule has 2 unspecified atom stereocenters. The monoisotopic (exact) mass is 449 g/mol. The first kappa shape index (κ1) is 23.5. The molecule has 8 nitrogen and oxygen atoms in total. The van der Waals surface area contributed by atoms with Gasteiger partial charge in [-0.1, -0.05) is 12.8 Å². The molecule has 1 aromatic rings. The van der Waals surface area contributed by atoms with Crippen molar-refractivity contribution >= 4 is 15.7 Å². The van der Waals surface area contributed by atoms with E-state index in [9.17, 15) is 13.2 Å². The third kappa shape index (κ3) is 6.92. The van der Waals surface area contributed by atoms with Crippen LogP contribution in [0.4, 0.5) is 0 Å². The fraction of sp³-hybridized carbons (Fsp3) is 0.636. The van der Waals surface area contributed by atoms with E-state index in [-0.39, 0.29) is 34.9 Å². The Morgan fingerprint density at radius 3 is 2.61 bits per heavy atom. The van der Waals surface area contributed by atoms with Crippen LogP contribution in [-0.4, -0.2) is 71.0 Å². The standard InChI is InChI=1S/C22H31N3O5S/c23-9-10-24-22(26)21-4-2-1-3-18(21)17-31(27,28)20-7-5-19(6-8-20)30-16-13-25-11-14-29-15-12-25/h5-8,18,21H,1-4,10-17H2,(H,24,26). The van der Waals surface area contributed by atoms with Crippen molar-refractivity contribution < 1.29 is 22.7 Å². The number of benzene rings is 1.